The lowest BCUT2D eigenvalue weighted by Gasteiger charge is -2.38. The summed E-state index contributed by atoms with van der Waals surface area (Å²) in [6, 6.07) is 5.50. The number of benzene rings is 1. The Bertz CT molecular complexity index is 741. The van der Waals surface area contributed by atoms with E-state index in [-0.39, 0.29) is 17.7 Å². The molecule has 0 radical (unpaired) electrons. The van der Waals surface area contributed by atoms with Crippen molar-refractivity contribution in [2.24, 2.45) is 0 Å². The smallest absolute Gasteiger partial charge is 0.339 e. The minimum atomic E-state index is -1.38. The highest BCUT2D eigenvalue weighted by atomic mass is 16.7. The standard InChI is InChI=1S/C18H20O10/c1-9(19)25-13-8-14(27-12-6-4-11(5-7-12)17(21)22)28-16(18(23)24-3)15(13)26-10(2)20/h4-7,13-16H,8H2,1-3H3,(H,21,22). The van der Waals surface area contributed by atoms with Crippen LogP contribution < -0.4 is 4.74 Å². The van der Waals surface area contributed by atoms with Gasteiger partial charge < -0.3 is 28.8 Å². The average molecular weight is 396 g/mol. The van der Waals surface area contributed by atoms with E-state index < -0.39 is 48.5 Å². The maximum Gasteiger partial charge on any atom is 0.339 e. The number of rotatable bonds is 6. The molecule has 4 atom stereocenters. The van der Waals surface area contributed by atoms with Gasteiger partial charge in [-0.05, 0) is 24.3 Å². The Labute approximate surface area is 160 Å². The van der Waals surface area contributed by atoms with Gasteiger partial charge in [-0.3, -0.25) is 9.59 Å². The molecule has 0 saturated carbocycles. The first-order valence-corrected chi connectivity index (χ1v) is 8.29. The van der Waals surface area contributed by atoms with Crippen LogP contribution in [0.1, 0.15) is 30.6 Å². The fourth-order valence-corrected chi connectivity index (χ4v) is 2.68. The van der Waals surface area contributed by atoms with Crippen LogP contribution in [-0.4, -0.2) is 60.7 Å². The normalized spacial score (nSPS) is 24.0. The summed E-state index contributed by atoms with van der Waals surface area (Å²) >= 11 is 0. The van der Waals surface area contributed by atoms with Crippen LogP contribution in [0.5, 0.6) is 5.75 Å². The van der Waals surface area contributed by atoms with Crippen molar-refractivity contribution in [2.75, 3.05) is 7.11 Å². The van der Waals surface area contributed by atoms with Crippen LogP contribution in [-0.2, 0) is 33.3 Å². The maximum atomic E-state index is 12.1. The predicted molar refractivity (Wildman–Crippen MR) is 90.4 cm³/mol. The Balaban J connectivity index is 2.23. The van der Waals surface area contributed by atoms with E-state index in [0.29, 0.717) is 0 Å². The van der Waals surface area contributed by atoms with Crippen LogP contribution >= 0.6 is 0 Å². The van der Waals surface area contributed by atoms with Gasteiger partial charge in [0.1, 0.15) is 11.9 Å². The zero-order valence-electron chi connectivity index (χ0n) is 15.4. The first-order chi connectivity index (χ1) is 13.2. The molecule has 0 aliphatic carbocycles. The Hall–Kier alpha value is -3.14. The number of hydrogen-bond acceptors (Lipinski definition) is 9. The van der Waals surface area contributed by atoms with Crippen molar-refractivity contribution in [3.63, 3.8) is 0 Å². The topological polar surface area (TPSA) is 135 Å². The van der Waals surface area contributed by atoms with Crippen LogP contribution in [0, 0.1) is 0 Å². The highest BCUT2D eigenvalue weighted by molar-refractivity contribution is 5.87. The first-order valence-electron chi connectivity index (χ1n) is 8.29. The summed E-state index contributed by atoms with van der Waals surface area (Å²) in [5, 5.41) is 8.93. The molecule has 1 aliphatic rings. The summed E-state index contributed by atoms with van der Waals surface area (Å²) in [5.74, 6) is -2.99. The number of methoxy groups -OCH3 is 1. The molecule has 4 unspecified atom stereocenters. The highest BCUT2D eigenvalue weighted by Crippen LogP contribution is 2.28. The molecule has 28 heavy (non-hydrogen) atoms. The number of ether oxygens (including phenoxy) is 5. The van der Waals surface area contributed by atoms with Crippen LogP contribution in [0.25, 0.3) is 0 Å². The Morgan fingerprint density at radius 3 is 2.14 bits per heavy atom. The van der Waals surface area contributed by atoms with Crippen LogP contribution in [0.3, 0.4) is 0 Å². The molecule has 10 heteroatoms. The van der Waals surface area contributed by atoms with Crippen LogP contribution in [0.2, 0.25) is 0 Å². The van der Waals surface area contributed by atoms with E-state index in [4.69, 9.17) is 24.1 Å². The first kappa shape index (κ1) is 21.2. The van der Waals surface area contributed by atoms with Gasteiger partial charge >= 0.3 is 23.9 Å². The SMILES string of the molecule is COC(=O)C1OC(Oc2ccc(C(=O)O)cc2)CC(OC(C)=O)C1OC(C)=O. The lowest BCUT2D eigenvalue weighted by molar-refractivity contribution is -0.241. The summed E-state index contributed by atoms with van der Waals surface area (Å²) in [7, 11) is 1.13. The molecule has 152 valence electrons. The van der Waals surface area contributed by atoms with E-state index >= 15 is 0 Å². The molecule has 1 fully saturated rings. The number of carboxylic acid groups (broad SMARTS) is 1. The van der Waals surface area contributed by atoms with E-state index in [1.165, 1.54) is 31.2 Å². The van der Waals surface area contributed by atoms with Crippen molar-refractivity contribution in [2.45, 2.75) is 44.9 Å². The van der Waals surface area contributed by atoms with E-state index in [2.05, 4.69) is 4.74 Å². The fourth-order valence-electron chi connectivity index (χ4n) is 2.68. The second-order valence-corrected chi connectivity index (χ2v) is 5.91. The zero-order chi connectivity index (χ0) is 20.8. The van der Waals surface area contributed by atoms with Crippen molar-refractivity contribution in [3.8, 4) is 5.75 Å². The summed E-state index contributed by atoms with van der Waals surface area (Å²) in [6.07, 6.45) is -4.68. The lowest BCUT2D eigenvalue weighted by atomic mass is 10.0. The van der Waals surface area contributed by atoms with Gasteiger partial charge in [0, 0.05) is 13.8 Å². The van der Waals surface area contributed by atoms with Gasteiger partial charge in [0.15, 0.2) is 12.2 Å². The van der Waals surface area contributed by atoms with Crippen LogP contribution in [0.15, 0.2) is 24.3 Å². The van der Waals surface area contributed by atoms with Crippen molar-refractivity contribution >= 4 is 23.9 Å². The quantitative estimate of drug-likeness (QED) is 0.546. The highest BCUT2D eigenvalue weighted by Gasteiger charge is 2.48. The van der Waals surface area contributed by atoms with Gasteiger partial charge in [-0.25, -0.2) is 9.59 Å². The second kappa shape index (κ2) is 9.18. The van der Waals surface area contributed by atoms with E-state index in [1.54, 1.807) is 0 Å². The summed E-state index contributed by atoms with van der Waals surface area (Å²) in [5.41, 5.74) is 0.0667. The van der Waals surface area contributed by atoms with Gasteiger partial charge in [-0.15, -0.1) is 0 Å². The van der Waals surface area contributed by atoms with E-state index in [1.807, 2.05) is 0 Å². The molecule has 0 amide bonds. The summed E-state index contributed by atoms with van der Waals surface area (Å²) in [4.78, 5) is 45.9. The number of esters is 3. The number of carbonyl (C=O) groups is 4. The minimum absolute atomic E-state index is 0.0360. The van der Waals surface area contributed by atoms with Gasteiger partial charge in [-0.2, -0.15) is 0 Å². The molecule has 1 saturated heterocycles. The predicted octanol–water partition coefficient (Wildman–Crippen LogP) is 0.915. The number of carboxylic acids is 1. The molecule has 1 aliphatic heterocycles. The number of carbonyl (C=O) groups excluding carboxylic acids is 3. The fraction of sp³-hybridized carbons (Fsp3) is 0.444. The third-order valence-electron chi connectivity index (χ3n) is 3.81. The zero-order valence-corrected chi connectivity index (χ0v) is 15.4. The van der Waals surface area contributed by atoms with Gasteiger partial charge in [0.2, 0.25) is 6.29 Å². The molecule has 1 heterocycles. The largest absolute Gasteiger partial charge is 0.478 e. The average Bonchev–Trinajstić information content (AvgIpc) is 2.62. The third-order valence-corrected chi connectivity index (χ3v) is 3.81. The van der Waals surface area contributed by atoms with Crippen molar-refractivity contribution in [1.29, 1.82) is 0 Å². The molecule has 0 aromatic heterocycles. The van der Waals surface area contributed by atoms with Gasteiger partial charge in [-0.1, -0.05) is 0 Å². The van der Waals surface area contributed by atoms with Gasteiger partial charge in [0.05, 0.1) is 19.1 Å². The lowest BCUT2D eigenvalue weighted by Crippen LogP contribution is -2.56. The van der Waals surface area contributed by atoms with Crippen molar-refractivity contribution in [1.82, 2.24) is 0 Å². The molecule has 0 bridgehead atoms. The molecule has 10 nitrogen and oxygen atoms in total. The number of hydrogen-bond donors (Lipinski definition) is 1. The second-order valence-electron chi connectivity index (χ2n) is 5.91. The molecular formula is C18H20O10. The Morgan fingerprint density at radius 2 is 1.64 bits per heavy atom. The minimum Gasteiger partial charge on any atom is -0.478 e. The van der Waals surface area contributed by atoms with Crippen LogP contribution in [0.4, 0.5) is 0 Å². The number of aromatic carboxylic acids is 1. The van der Waals surface area contributed by atoms with E-state index in [9.17, 15) is 19.2 Å². The van der Waals surface area contributed by atoms with Gasteiger partial charge in [0.25, 0.3) is 0 Å². The van der Waals surface area contributed by atoms with Crippen molar-refractivity contribution < 1.29 is 48.0 Å². The van der Waals surface area contributed by atoms with E-state index in [0.717, 1.165) is 14.0 Å². The van der Waals surface area contributed by atoms with Crippen molar-refractivity contribution in [3.05, 3.63) is 29.8 Å². The monoisotopic (exact) mass is 396 g/mol. The Kier molecular flexibility index (Phi) is 6.94. The Morgan fingerprint density at radius 1 is 1.04 bits per heavy atom. The molecule has 2 rings (SSSR count). The summed E-state index contributed by atoms with van der Waals surface area (Å²) < 4.78 is 26.2. The molecule has 1 aromatic rings. The molecule has 1 N–H and O–H groups in total. The third kappa shape index (κ3) is 5.43. The summed E-state index contributed by atoms with van der Waals surface area (Å²) in [6.45, 7) is 2.32. The molecule has 1 aromatic carbocycles. The molecular weight excluding hydrogens is 376 g/mol. The molecule has 0 spiro atoms. The maximum absolute atomic E-state index is 12.1.